The summed E-state index contributed by atoms with van der Waals surface area (Å²) in [7, 11) is 0. The highest BCUT2D eigenvalue weighted by atomic mass is 16.5. The van der Waals surface area contributed by atoms with E-state index in [-0.39, 0.29) is 17.6 Å². The summed E-state index contributed by atoms with van der Waals surface area (Å²) >= 11 is 0. The Morgan fingerprint density at radius 3 is 2.90 bits per heavy atom. The minimum Gasteiger partial charge on any atom is -0.478 e. The van der Waals surface area contributed by atoms with E-state index in [0.717, 1.165) is 6.42 Å². The monoisotopic (exact) mass is 292 g/mol. The maximum atomic E-state index is 12.3. The topological polar surface area (TPSA) is 78.9 Å². The molecule has 2 rings (SSSR count). The molecule has 0 radical (unpaired) electrons. The number of carboxylic acids is 1. The summed E-state index contributed by atoms with van der Waals surface area (Å²) in [6.45, 7) is 5.34. The van der Waals surface area contributed by atoms with E-state index >= 15 is 0 Å². The van der Waals surface area contributed by atoms with E-state index in [0.29, 0.717) is 31.0 Å². The second-order valence-electron chi connectivity index (χ2n) is 5.10. The number of aryl methyl sites for hydroxylation is 1. The average molecular weight is 292 g/mol. The van der Waals surface area contributed by atoms with Gasteiger partial charge < -0.3 is 20.1 Å². The molecule has 2 amide bonds. The minimum absolute atomic E-state index is 0.0585. The van der Waals surface area contributed by atoms with Gasteiger partial charge in [0.15, 0.2) is 0 Å². The summed E-state index contributed by atoms with van der Waals surface area (Å²) in [5, 5.41) is 11.9. The number of hydrogen-bond acceptors (Lipinski definition) is 3. The number of nitrogens with zero attached hydrogens (tertiary/aromatic N) is 1. The zero-order valence-electron chi connectivity index (χ0n) is 12.3. The Kier molecular flexibility index (Phi) is 4.80. The molecule has 1 heterocycles. The fraction of sp³-hybridized carbons (Fsp3) is 0.467. The quantitative estimate of drug-likeness (QED) is 0.896. The molecule has 1 saturated heterocycles. The highest BCUT2D eigenvalue weighted by Crippen LogP contribution is 2.17. The maximum Gasteiger partial charge on any atom is 0.336 e. The molecule has 1 aliphatic heterocycles. The van der Waals surface area contributed by atoms with E-state index in [4.69, 9.17) is 9.84 Å². The fourth-order valence-corrected chi connectivity index (χ4v) is 2.39. The third-order valence-electron chi connectivity index (χ3n) is 3.68. The Bertz CT molecular complexity index is 544. The number of morpholine rings is 1. The summed E-state index contributed by atoms with van der Waals surface area (Å²) in [4.78, 5) is 25.2. The van der Waals surface area contributed by atoms with E-state index in [1.807, 2.05) is 6.92 Å². The smallest absolute Gasteiger partial charge is 0.336 e. The van der Waals surface area contributed by atoms with Gasteiger partial charge in [-0.2, -0.15) is 0 Å². The molecule has 1 fully saturated rings. The number of hydrogen-bond donors (Lipinski definition) is 2. The lowest BCUT2D eigenvalue weighted by Gasteiger charge is -2.35. The van der Waals surface area contributed by atoms with E-state index in [1.54, 1.807) is 24.0 Å². The van der Waals surface area contributed by atoms with Crippen LogP contribution in [0.2, 0.25) is 0 Å². The average Bonchev–Trinajstić information content (AvgIpc) is 2.48. The molecule has 114 valence electrons. The van der Waals surface area contributed by atoms with Crippen molar-refractivity contribution < 1.29 is 19.4 Å². The third kappa shape index (κ3) is 3.52. The van der Waals surface area contributed by atoms with Gasteiger partial charge in [0.25, 0.3) is 0 Å². The van der Waals surface area contributed by atoms with Crippen molar-refractivity contribution in [3.8, 4) is 0 Å². The second kappa shape index (κ2) is 6.58. The van der Waals surface area contributed by atoms with Gasteiger partial charge in [0.05, 0.1) is 24.8 Å². The molecule has 1 atom stereocenters. The molecule has 1 unspecified atom stereocenters. The van der Waals surface area contributed by atoms with Crippen molar-refractivity contribution in [1.82, 2.24) is 4.90 Å². The Morgan fingerprint density at radius 1 is 1.48 bits per heavy atom. The van der Waals surface area contributed by atoms with Crippen LogP contribution in [0.4, 0.5) is 10.5 Å². The standard InChI is InChI=1S/C15H20N2O4/c1-3-12-9-21-7-6-17(12)15(20)16-11-5-4-10(2)13(8-11)14(18)19/h4-5,8,12H,3,6-7,9H2,1-2H3,(H,16,20)(H,18,19). The van der Waals surface area contributed by atoms with Crippen molar-refractivity contribution >= 4 is 17.7 Å². The summed E-state index contributed by atoms with van der Waals surface area (Å²) in [5.74, 6) is -0.999. The van der Waals surface area contributed by atoms with Gasteiger partial charge in [-0.15, -0.1) is 0 Å². The van der Waals surface area contributed by atoms with Gasteiger partial charge in [-0.3, -0.25) is 0 Å². The van der Waals surface area contributed by atoms with Crippen LogP contribution in [0.5, 0.6) is 0 Å². The molecule has 0 spiro atoms. The van der Waals surface area contributed by atoms with Gasteiger partial charge in [-0.05, 0) is 31.0 Å². The number of aromatic carboxylic acids is 1. The van der Waals surface area contributed by atoms with Gasteiger partial charge in [-0.25, -0.2) is 9.59 Å². The molecule has 2 N–H and O–H groups in total. The van der Waals surface area contributed by atoms with Crippen LogP contribution in [-0.4, -0.2) is 47.8 Å². The first kappa shape index (κ1) is 15.3. The van der Waals surface area contributed by atoms with E-state index in [9.17, 15) is 9.59 Å². The molecule has 6 nitrogen and oxygen atoms in total. The van der Waals surface area contributed by atoms with Crippen molar-refractivity contribution in [2.75, 3.05) is 25.1 Å². The molecular formula is C15H20N2O4. The minimum atomic E-state index is -0.999. The number of rotatable bonds is 3. The number of nitrogens with one attached hydrogen (secondary N) is 1. The number of carbonyl (C=O) groups excluding carboxylic acids is 1. The molecule has 1 aliphatic rings. The number of anilines is 1. The first-order valence-electron chi connectivity index (χ1n) is 7.02. The van der Waals surface area contributed by atoms with E-state index in [1.165, 1.54) is 6.07 Å². The molecule has 1 aromatic rings. The van der Waals surface area contributed by atoms with E-state index < -0.39 is 5.97 Å². The summed E-state index contributed by atoms with van der Waals surface area (Å²) in [6, 6.07) is 4.72. The number of carbonyl (C=O) groups is 2. The lowest BCUT2D eigenvalue weighted by Crippen LogP contribution is -2.50. The van der Waals surface area contributed by atoms with E-state index in [2.05, 4.69) is 5.32 Å². The maximum absolute atomic E-state index is 12.3. The van der Waals surface area contributed by atoms with Crippen LogP contribution < -0.4 is 5.32 Å². The third-order valence-corrected chi connectivity index (χ3v) is 3.68. The van der Waals surface area contributed by atoms with Crippen molar-refractivity contribution in [2.24, 2.45) is 0 Å². The Hall–Kier alpha value is -2.08. The van der Waals surface area contributed by atoms with Crippen LogP contribution in [0, 0.1) is 6.92 Å². The summed E-state index contributed by atoms with van der Waals surface area (Å²) in [5.41, 5.74) is 1.35. The van der Waals surface area contributed by atoms with Crippen molar-refractivity contribution in [2.45, 2.75) is 26.3 Å². The van der Waals surface area contributed by atoms with Crippen LogP contribution in [0.3, 0.4) is 0 Å². The van der Waals surface area contributed by atoms with Gasteiger partial charge in [0.1, 0.15) is 0 Å². The molecule has 1 aromatic carbocycles. The molecular weight excluding hydrogens is 272 g/mol. The van der Waals surface area contributed by atoms with Gasteiger partial charge in [0, 0.05) is 12.2 Å². The van der Waals surface area contributed by atoms with Crippen molar-refractivity contribution in [1.29, 1.82) is 0 Å². The molecule has 0 bridgehead atoms. The summed E-state index contributed by atoms with van der Waals surface area (Å²) < 4.78 is 5.37. The number of benzene rings is 1. The Morgan fingerprint density at radius 2 is 2.24 bits per heavy atom. The highest BCUT2D eigenvalue weighted by Gasteiger charge is 2.26. The normalized spacial score (nSPS) is 18.4. The van der Waals surface area contributed by atoms with Crippen LogP contribution in [-0.2, 0) is 4.74 Å². The zero-order chi connectivity index (χ0) is 15.4. The van der Waals surface area contributed by atoms with Gasteiger partial charge in [0.2, 0.25) is 0 Å². The number of urea groups is 1. The lowest BCUT2D eigenvalue weighted by atomic mass is 10.1. The summed E-state index contributed by atoms with van der Waals surface area (Å²) in [6.07, 6.45) is 0.821. The fourth-order valence-electron chi connectivity index (χ4n) is 2.39. The van der Waals surface area contributed by atoms with Crippen LogP contribution in [0.15, 0.2) is 18.2 Å². The first-order valence-corrected chi connectivity index (χ1v) is 7.02. The number of carboxylic acid groups (broad SMARTS) is 1. The molecule has 0 saturated carbocycles. The first-order chi connectivity index (χ1) is 10.0. The molecule has 21 heavy (non-hydrogen) atoms. The Labute approximate surface area is 123 Å². The van der Waals surface area contributed by atoms with Crippen molar-refractivity contribution in [3.05, 3.63) is 29.3 Å². The SMILES string of the molecule is CCC1COCCN1C(=O)Nc1ccc(C)c(C(=O)O)c1. The van der Waals surface area contributed by atoms with Gasteiger partial charge >= 0.3 is 12.0 Å². The molecule has 0 aliphatic carbocycles. The Balaban J connectivity index is 2.12. The van der Waals surface area contributed by atoms with Crippen LogP contribution in [0.1, 0.15) is 29.3 Å². The van der Waals surface area contributed by atoms with Gasteiger partial charge in [-0.1, -0.05) is 13.0 Å². The zero-order valence-corrected chi connectivity index (χ0v) is 12.3. The predicted molar refractivity (Wildman–Crippen MR) is 78.8 cm³/mol. The highest BCUT2D eigenvalue weighted by molar-refractivity contribution is 5.94. The second-order valence-corrected chi connectivity index (χ2v) is 5.10. The molecule has 0 aromatic heterocycles. The van der Waals surface area contributed by atoms with Crippen LogP contribution >= 0.6 is 0 Å². The molecule has 6 heteroatoms. The number of ether oxygens (including phenoxy) is 1. The van der Waals surface area contributed by atoms with Crippen LogP contribution in [0.25, 0.3) is 0 Å². The lowest BCUT2D eigenvalue weighted by molar-refractivity contribution is 0.0144. The predicted octanol–water partition coefficient (Wildman–Crippen LogP) is 2.34. The number of amides is 2. The largest absolute Gasteiger partial charge is 0.478 e. The van der Waals surface area contributed by atoms with Crippen molar-refractivity contribution in [3.63, 3.8) is 0 Å².